The number of aliphatic hydroxyl groups excluding tert-OH is 1. The van der Waals surface area contributed by atoms with E-state index in [0.717, 1.165) is 5.69 Å². The van der Waals surface area contributed by atoms with Crippen LogP contribution in [-0.2, 0) is 0 Å². The van der Waals surface area contributed by atoms with Crippen molar-refractivity contribution in [1.82, 2.24) is 5.32 Å². The van der Waals surface area contributed by atoms with Gasteiger partial charge in [-0.1, -0.05) is 6.92 Å². The van der Waals surface area contributed by atoms with Gasteiger partial charge < -0.3 is 21.1 Å². The number of rotatable bonds is 5. The largest absolute Gasteiger partial charge is 0.399 e. The van der Waals surface area contributed by atoms with Gasteiger partial charge in [0, 0.05) is 25.5 Å². The first-order valence-electron chi connectivity index (χ1n) is 5.98. The van der Waals surface area contributed by atoms with E-state index in [1.54, 1.807) is 12.1 Å². The zero-order valence-electron chi connectivity index (χ0n) is 11.1. The molecule has 1 atom stereocenters. The number of nitrogens with one attached hydrogen (secondary N) is 1. The fraction of sp³-hybridized carbons (Fsp3) is 0.462. The average molecular weight is 251 g/mol. The Morgan fingerprint density at radius 1 is 1.50 bits per heavy atom. The van der Waals surface area contributed by atoms with E-state index >= 15 is 0 Å². The minimum absolute atomic E-state index is 0.0676. The molecule has 100 valence electrons. The molecule has 0 unspecified atom stereocenters. The third-order valence-electron chi connectivity index (χ3n) is 2.80. The number of nitrogen functional groups attached to an aromatic ring is 1. The molecule has 5 nitrogen and oxygen atoms in total. The summed E-state index contributed by atoms with van der Waals surface area (Å²) in [6.45, 7) is 1.84. The second-order valence-electron chi connectivity index (χ2n) is 4.43. The van der Waals surface area contributed by atoms with Crippen molar-refractivity contribution < 1.29 is 9.90 Å². The van der Waals surface area contributed by atoms with Gasteiger partial charge in [-0.15, -0.1) is 0 Å². The van der Waals surface area contributed by atoms with Gasteiger partial charge in [-0.05, 0) is 24.6 Å². The normalized spacial score (nSPS) is 12.0. The first-order chi connectivity index (χ1) is 8.49. The Morgan fingerprint density at radius 3 is 2.67 bits per heavy atom. The molecule has 0 bridgehead atoms. The molecule has 0 fully saturated rings. The van der Waals surface area contributed by atoms with Crippen molar-refractivity contribution in [2.45, 2.75) is 19.4 Å². The van der Waals surface area contributed by atoms with Gasteiger partial charge >= 0.3 is 0 Å². The van der Waals surface area contributed by atoms with Crippen molar-refractivity contribution in [3.8, 4) is 0 Å². The van der Waals surface area contributed by atoms with E-state index in [1.165, 1.54) is 0 Å². The van der Waals surface area contributed by atoms with Crippen LogP contribution in [0.15, 0.2) is 18.2 Å². The molecule has 18 heavy (non-hydrogen) atoms. The fourth-order valence-electron chi connectivity index (χ4n) is 1.67. The standard InChI is InChI=1S/C13H21N3O2/c1-4-10(8-17)15-13(18)11-7-9(14)5-6-12(11)16(2)3/h5-7,10,17H,4,8,14H2,1-3H3,(H,15,18)/t10-/m0/s1. The van der Waals surface area contributed by atoms with Crippen LogP contribution >= 0.6 is 0 Å². The van der Waals surface area contributed by atoms with Gasteiger partial charge in [0.05, 0.1) is 18.2 Å². The van der Waals surface area contributed by atoms with Crippen molar-refractivity contribution in [2.75, 3.05) is 31.3 Å². The van der Waals surface area contributed by atoms with Crippen molar-refractivity contribution in [2.24, 2.45) is 0 Å². The quantitative estimate of drug-likeness (QED) is 0.677. The summed E-state index contributed by atoms with van der Waals surface area (Å²) < 4.78 is 0. The lowest BCUT2D eigenvalue weighted by atomic mass is 10.1. The van der Waals surface area contributed by atoms with Crippen LogP contribution < -0.4 is 16.0 Å². The Balaban J connectivity index is 3.00. The highest BCUT2D eigenvalue weighted by atomic mass is 16.3. The molecule has 0 aliphatic rings. The molecule has 5 heteroatoms. The minimum atomic E-state index is -0.228. The Kier molecular flexibility index (Phi) is 4.97. The lowest BCUT2D eigenvalue weighted by Crippen LogP contribution is -2.37. The van der Waals surface area contributed by atoms with Crippen molar-refractivity contribution in [1.29, 1.82) is 0 Å². The average Bonchev–Trinajstić information content (AvgIpc) is 2.35. The number of hydrogen-bond donors (Lipinski definition) is 3. The van der Waals surface area contributed by atoms with E-state index < -0.39 is 0 Å². The van der Waals surface area contributed by atoms with Crippen LogP contribution in [0.1, 0.15) is 23.7 Å². The predicted molar refractivity (Wildman–Crippen MR) is 73.8 cm³/mol. The molecule has 0 aliphatic heterocycles. The number of hydrogen-bond acceptors (Lipinski definition) is 4. The van der Waals surface area contributed by atoms with E-state index in [2.05, 4.69) is 5.32 Å². The number of aliphatic hydroxyl groups is 1. The molecule has 0 spiro atoms. The van der Waals surface area contributed by atoms with E-state index in [9.17, 15) is 4.79 Å². The second kappa shape index (κ2) is 6.26. The van der Waals surface area contributed by atoms with Crippen LogP contribution in [0.2, 0.25) is 0 Å². The number of nitrogens with zero attached hydrogens (tertiary/aromatic N) is 1. The maximum absolute atomic E-state index is 12.1. The van der Waals surface area contributed by atoms with E-state index in [4.69, 9.17) is 10.8 Å². The Labute approximate surface area is 108 Å². The van der Waals surface area contributed by atoms with E-state index in [-0.39, 0.29) is 18.6 Å². The first-order valence-corrected chi connectivity index (χ1v) is 5.98. The van der Waals surface area contributed by atoms with Crippen molar-refractivity contribution in [3.05, 3.63) is 23.8 Å². The van der Waals surface area contributed by atoms with Gasteiger partial charge in [0.15, 0.2) is 0 Å². The molecule has 1 amide bonds. The van der Waals surface area contributed by atoms with Crippen LogP contribution in [0, 0.1) is 0 Å². The highest BCUT2D eigenvalue weighted by molar-refractivity contribution is 6.00. The molecule has 0 aromatic heterocycles. The summed E-state index contributed by atoms with van der Waals surface area (Å²) in [5.41, 5.74) is 7.58. The summed E-state index contributed by atoms with van der Waals surface area (Å²) in [7, 11) is 3.73. The molecular formula is C13H21N3O2. The maximum Gasteiger partial charge on any atom is 0.253 e. The number of carbonyl (C=O) groups is 1. The molecule has 0 radical (unpaired) electrons. The molecule has 4 N–H and O–H groups in total. The summed E-state index contributed by atoms with van der Waals surface area (Å²) in [5.74, 6) is -0.216. The van der Waals surface area contributed by atoms with Crippen LogP contribution in [-0.4, -0.2) is 37.8 Å². The second-order valence-corrected chi connectivity index (χ2v) is 4.43. The van der Waals surface area contributed by atoms with Crippen LogP contribution in [0.3, 0.4) is 0 Å². The lowest BCUT2D eigenvalue weighted by Gasteiger charge is -2.20. The summed E-state index contributed by atoms with van der Waals surface area (Å²) >= 11 is 0. The van der Waals surface area contributed by atoms with Crippen LogP contribution in [0.5, 0.6) is 0 Å². The lowest BCUT2D eigenvalue weighted by molar-refractivity contribution is 0.0915. The zero-order valence-corrected chi connectivity index (χ0v) is 11.1. The van der Waals surface area contributed by atoms with Gasteiger partial charge in [0.1, 0.15) is 0 Å². The summed E-state index contributed by atoms with van der Waals surface area (Å²) in [5, 5.41) is 11.9. The van der Waals surface area contributed by atoms with Gasteiger partial charge in [-0.25, -0.2) is 0 Å². The zero-order chi connectivity index (χ0) is 13.7. The summed E-state index contributed by atoms with van der Waals surface area (Å²) in [6.07, 6.45) is 0.682. The molecule has 0 heterocycles. The molecule has 1 aromatic carbocycles. The number of benzene rings is 1. The molecule has 1 rings (SSSR count). The Hall–Kier alpha value is -1.75. The molecule has 0 aliphatic carbocycles. The summed E-state index contributed by atoms with van der Waals surface area (Å²) in [6, 6.07) is 4.99. The molecule has 0 saturated heterocycles. The topological polar surface area (TPSA) is 78.6 Å². The first kappa shape index (κ1) is 14.3. The minimum Gasteiger partial charge on any atom is -0.399 e. The number of amides is 1. The van der Waals surface area contributed by atoms with Crippen molar-refractivity contribution in [3.63, 3.8) is 0 Å². The predicted octanol–water partition coefficient (Wildman–Crippen LogP) is 0.835. The Bertz CT molecular complexity index is 415. The SMILES string of the molecule is CC[C@@H](CO)NC(=O)c1cc(N)ccc1N(C)C. The van der Waals surface area contributed by atoms with Gasteiger partial charge in [0.25, 0.3) is 5.91 Å². The number of carbonyl (C=O) groups excluding carboxylic acids is 1. The van der Waals surface area contributed by atoms with E-state index in [0.29, 0.717) is 17.7 Å². The highest BCUT2D eigenvalue weighted by Crippen LogP contribution is 2.21. The smallest absolute Gasteiger partial charge is 0.253 e. The number of nitrogens with two attached hydrogens (primary N) is 1. The third-order valence-corrected chi connectivity index (χ3v) is 2.80. The highest BCUT2D eigenvalue weighted by Gasteiger charge is 2.16. The van der Waals surface area contributed by atoms with Crippen LogP contribution in [0.4, 0.5) is 11.4 Å². The fourth-order valence-corrected chi connectivity index (χ4v) is 1.67. The van der Waals surface area contributed by atoms with Crippen LogP contribution in [0.25, 0.3) is 0 Å². The Morgan fingerprint density at radius 2 is 2.17 bits per heavy atom. The molecule has 1 aromatic rings. The maximum atomic E-state index is 12.1. The molecular weight excluding hydrogens is 230 g/mol. The van der Waals surface area contributed by atoms with E-state index in [1.807, 2.05) is 32.0 Å². The van der Waals surface area contributed by atoms with Gasteiger partial charge in [-0.3, -0.25) is 4.79 Å². The monoisotopic (exact) mass is 251 g/mol. The third kappa shape index (κ3) is 3.37. The number of anilines is 2. The van der Waals surface area contributed by atoms with Gasteiger partial charge in [0.2, 0.25) is 0 Å². The molecule has 0 saturated carbocycles. The summed E-state index contributed by atoms with van der Waals surface area (Å²) in [4.78, 5) is 14.0. The van der Waals surface area contributed by atoms with Gasteiger partial charge in [-0.2, -0.15) is 0 Å². The van der Waals surface area contributed by atoms with Crippen molar-refractivity contribution >= 4 is 17.3 Å².